The van der Waals surface area contributed by atoms with Gasteiger partial charge >= 0.3 is 0 Å². The summed E-state index contributed by atoms with van der Waals surface area (Å²) in [4.78, 5) is 0. The van der Waals surface area contributed by atoms with E-state index in [1.165, 1.54) is 0 Å². The van der Waals surface area contributed by atoms with Crippen LogP contribution in [0.3, 0.4) is 0 Å². The molecule has 1 fully saturated rings. The summed E-state index contributed by atoms with van der Waals surface area (Å²) in [5.41, 5.74) is 0. The highest BCUT2D eigenvalue weighted by atomic mass is 16.8. The molecule has 2 bridgehead atoms. The van der Waals surface area contributed by atoms with Gasteiger partial charge in [0.25, 0.3) is 0 Å². The summed E-state index contributed by atoms with van der Waals surface area (Å²) in [7, 11) is 0. The number of hydrogen-bond acceptors (Lipinski definition) is 2. The van der Waals surface area contributed by atoms with Gasteiger partial charge in [0.2, 0.25) is 0 Å². The Bertz CT molecular complexity index is 188. The van der Waals surface area contributed by atoms with Gasteiger partial charge in [-0.15, -0.1) is 0 Å². The van der Waals surface area contributed by atoms with Crippen molar-refractivity contribution in [3.63, 3.8) is 0 Å². The lowest BCUT2D eigenvalue weighted by atomic mass is 10.1. The summed E-state index contributed by atoms with van der Waals surface area (Å²) in [5.74, 6) is -0.319. The zero-order valence-corrected chi connectivity index (χ0v) is 7.04. The third kappa shape index (κ3) is 1.10. The van der Waals surface area contributed by atoms with Gasteiger partial charge in [-0.05, 0) is 13.3 Å². The first kappa shape index (κ1) is 7.32. The first-order chi connectivity index (χ1) is 5.23. The normalized spacial score (nSPS) is 48.2. The Kier molecular flexibility index (Phi) is 1.55. The smallest absolute Gasteiger partial charge is 0.170 e. The quantitative estimate of drug-likeness (QED) is 0.537. The molecule has 0 aromatic carbocycles. The van der Waals surface area contributed by atoms with E-state index in [0.717, 1.165) is 12.8 Å². The molecule has 2 heterocycles. The Labute approximate surface area is 67.2 Å². The summed E-state index contributed by atoms with van der Waals surface area (Å²) < 4.78 is 11.4. The number of hydrogen-bond donors (Lipinski definition) is 0. The highest BCUT2D eigenvalue weighted by Crippen LogP contribution is 2.36. The van der Waals surface area contributed by atoms with E-state index in [4.69, 9.17) is 9.47 Å². The largest absolute Gasteiger partial charge is 0.344 e. The second-order valence-corrected chi connectivity index (χ2v) is 3.41. The van der Waals surface area contributed by atoms with E-state index >= 15 is 0 Å². The maximum atomic E-state index is 5.74. The van der Waals surface area contributed by atoms with Crippen LogP contribution in [0.5, 0.6) is 0 Å². The van der Waals surface area contributed by atoms with Gasteiger partial charge in [0.1, 0.15) is 6.10 Å². The first-order valence-electron chi connectivity index (χ1n) is 4.26. The van der Waals surface area contributed by atoms with Gasteiger partial charge in [-0.2, -0.15) is 0 Å². The molecule has 2 heteroatoms. The van der Waals surface area contributed by atoms with Gasteiger partial charge in [0.15, 0.2) is 5.79 Å². The van der Waals surface area contributed by atoms with Crippen molar-refractivity contribution in [2.45, 2.75) is 44.7 Å². The van der Waals surface area contributed by atoms with Crippen LogP contribution in [0.15, 0.2) is 12.2 Å². The zero-order valence-electron chi connectivity index (χ0n) is 7.04. The highest BCUT2D eigenvalue weighted by molar-refractivity contribution is 5.05. The predicted octanol–water partition coefficient (Wildman–Crippen LogP) is 1.86. The molecule has 2 rings (SSSR count). The minimum Gasteiger partial charge on any atom is -0.344 e. The third-order valence-corrected chi connectivity index (χ3v) is 2.37. The Hall–Kier alpha value is -0.340. The molecule has 2 aliphatic heterocycles. The molecule has 62 valence electrons. The molecule has 0 spiro atoms. The van der Waals surface area contributed by atoms with Crippen molar-refractivity contribution in [2.24, 2.45) is 0 Å². The summed E-state index contributed by atoms with van der Waals surface area (Å²) in [6.45, 7) is 4.14. The summed E-state index contributed by atoms with van der Waals surface area (Å²) in [5, 5.41) is 0. The van der Waals surface area contributed by atoms with E-state index < -0.39 is 0 Å². The van der Waals surface area contributed by atoms with Crippen LogP contribution < -0.4 is 0 Å². The van der Waals surface area contributed by atoms with Crippen LogP contribution in [0.2, 0.25) is 0 Å². The number of rotatable bonds is 1. The van der Waals surface area contributed by atoms with Crippen molar-refractivity contribution in [1.29, 1.82) is 0 Å². The van der Waals surface area contributed by atoms with Crippen LogP contribution in [-0.4, -0.2) is 18.0 Å². The molecule has 0 aromatic rings. The average molecular weight is 154 g/mol. The van der Waals surface area contributed by atoms with Gasteiger partial charge in [-0.25, -0.2) is 0 Å². The van der Waals surface area contributed by atoms with Crippen LogP contribution in [0.25, 0.3) is 0 Å². The van der Waals surface area contributed by atoms with Gasteiger partial charge in [-0.1, -0.05) is 19.1 Å². The molecular weight excluding hydrogens is 140 g/mol. The predicted molar refractivity (Wildman–Crippen MR) is 42.2 cm³/mol. The average Bonchev–Trinajstić information content (AvgIpc) is 2.21. The van der Waals surface area contributed by atoms with Crippen molar-refractivity contribution in [1.82, 2.24) is 0 Å². The number of ether oxygens (including phenoxy) is 2. The van der Waals surface area contributed by atoms with E-state index in [-0.39, 0.29) is 18.0 Å². The SMILES string of the molecule is CC[C@H]1O[C@@]2(C)CC=C[C@@H]1O2. The second kappa shape index (κ2) is 2.32. The van der Waals surface area contributed by atoms with Crippen LogP contribution >= 0.6 is 0 Å². The minimum atomic E-state index is -0.319. The lowest BCUT2D eigenvalue weighted by Gasteiger charge is -2.23. The Morgan fingerprint density at radius 3 is 3.00 bits per heavy atom. The topological polar surface area (TPSA) is 18.5 Å². The summed E-state index contributed by atoms with van der Waals surface area (Å²) >= 11 is 0. The van der Waals surface area contributed by atoms with Crippen molar-refractivity contribution >= 4 is 0 Å². The third-order valence-electron chi connectivity index (χ3n) is 2.37. The van der Waals surface area contributed by atoms with Crippen LogP contribution in [0, 0.1) is 0 Å². The molecule has 0 unspecified atom stereocenters. The van der Waals surface area contributed by atoms with Crippen LogP contribution in [0.4, 0.5) is 0 Å². The van der Waals surface area contributed by atoms with E-state index in [2.05, 4.69) is 19.1 Å². The molecule has 0 radical (unpaired) electrons. The highest BCUT2D eigenvalue weighted by Gasteiger charge is 2.43. The lowest BCUT2D eigenvalue weighted by Crippen LogP contribution is -2.27. The molecule has 11 heavy (non-hydrogen) atoms. The molecule has 2 nitrogen and oxygen atoms in total. The monoisotopic (exact) mass is 154 g/mol. The van der Waals surface area contributed by atoms with Crippen molar-refractivity contribution in [3.8, 4) is 0 Å². The van der Waals surface area contributed by atoms with E-state index in [0.29, 0.717) is 0 Å². The molecule has 1 saturated heterocycles. The van der Waals surface area contributed by atoms with Crippen molar-refractivity contribution in [3.05, 3.63) is 12.2 Å². The number of fused-ring (bicyclic) bond motifs is 2. The molecule has 2 aliphatic rings. The van der Waals surface area contributed by atoms with Gasteiger partial charge in [0.05, 0.1) is 6.10 Å². The molecule has 0 aromatic heterocycles. The maximum absolute atomic E-state index is 5.74. The van der Waals surface area contributed by atoms with Gasteiger partial charge in [-0.3, -0.25) is 0 Å². The maximum Gasteiger partial charge on any atom is 0.170 e. The minimum absolute atomic E-state index is 0.207. The molecule has 0 aliphatic carbocycles. The lowest BCUT2D eigenvalue weighted by molar-refractivity contribution is -0.158. The van der Waals surface area contributed by atoms with Gasteiger partial charge in [0, 0.05) is 6.42 Å². The Morgan fingerprint density at radius 2 is 2.36 bits per heavy atom. The molecule has 0 amide bonds. The fourth-order valence-corrected chi connectivity index (χ4v) is 1.77. The van der Waals surface area contributed by atoms with Crippen LogP contribution in [-0.2, 0) is 9.47 Å². The molecule has 0 N–H and O–H groups in total. The Morgan fingerprint density at radius 1 is 1.55 bits per heavy atom. The zero-order chi connectivity index (χ0) is 7.90. The van der Waals surface area contributed by atoms with Gasteiger partial charge < -0.3 is 9.47 Å². The molecule has 3 atom stereocenters. The standard InChI is InChI=1S/C9H14O2/c1-3-7-8-5-4-6-9(2,10-7)11-8/h4-5,7-8H,3,6H2,1-2H3/t7-,8+,9-/m1/s1. The van der Waals surface area contributed by atoms with Crippen molar-refractivity contribution in [2.75, 3.05) is 0 Å². The second-order valence-electron chi connectivity index (χ2n) is 3.41. The van der Waals surface area contributed by atoms with E-state index in [1.807, 2.05) is 6.92 Å². The van der Waals surface area contributed by atoms with E-state index in [1.54, 1.807) is 0 Å². The first-order valence-corrected chi connectivity index (χ1v) is 4.26. The van der Waals surface area contributed by atoms with E-state index in [9.17, 15) is 0 Å². The fourth-order valence-electron chi connectivity index (χ4n) is 1.77. The molecule has 0 saturated carbocycles. The van der Waals surface area contributed by atoms with Crippen molar-refractivity contribution < 1.29 is 9.47 Å². The summed E-state index contributed by atoms with van der Waals surface area (Å²) in [6.07, 6.45) is 6.68. The van der Waals surface area contributed by atoms with Crippen LogP contribution in [0.1, 0.15) is 26.7 Å². The molecular formula is C9H14O2. The summed E-state index contributed by atoms with van der Waals surface area (Å²) in [6, 6.07) is 0. The fraction of sp³-hybridized carbons (Fsp3) is 0.778. The Balaban J connectivity index is 2.19.